The third-order valence-electron chi connectivity index (χ3n) is 2.28. The van der Waals surface area contributed by atoms with Gasteiger partial charge in [0.1, 0.15) is 17.3 Å². The van der Waals surface area contributed by atoms with Gasteiger partial charge in [0.2, 0.25) is 0 Å². The van der Waals surface area contributed by atoms with Crippen LogP contribution in [0.3, 0.4) is 0 Å². The zero-order valence-electron chi connectivity index (χ0n) is 9.38. The Morgan fingerprint density at radius 3 is 2.50 bits per heavy atom. The average Bonchev–Trinajstić information content (AvgIpc) is 2.05. The van der Waals surface area contributed by atoms with Crippen molar-refractivity contribution in [1.29, 1.82) is 0 Å². The number of Topliss-reactive ketones (excluding diaryl/α,β-unsaturated/α-hetero) is 1. The number of carbonyl (C=O) groups excluding carboxylic acids is 1. The molecule has 84 valence electrons. The van der Waals surface area contributed by atoms with Crippen LogP contribution >= 0.6 is 0 Å². The molecular weight excluding hydrogens is 216 g/mol. The fourth-order valence-electron chi connectivity index (χ4n) is 1.32. The van der Waals surface area contributed by atoms with Crippen molar-refractivity contribution in [3.63, 3.8) is 0 Å². The Balaban J connectivity index is 0. The molecule has 0 amide bonds. The van der Waals surface area contributed by atoms with Gasteiger partial charge in [-0.1, -0.05) is 13.5 Å². The van der Waals surface area contributed by atoms with Crippen LogP contribution in [0.25, 0.3) is 0 Å². The molecule has 0 saturated carbocycles. The maximum Gasteiger partial charge on any atom is 0.133 e. The number of rotatable bonds is 7. The molecule has 0 aromatic heterocycles. The van der Waals surface area contributed by atoms with Gasteiger partial charge in [-0.05, 0) is 30.3 Å². The maximum atomic E-state index is 11.1. The SMILES string of the molecule is C=CC[S+](C)CC[C@H](CC)C(C)=O.[Cl-]. The smallest absolute Gasteiger partial charge is 0.133 e. The highest BCUT2D eigenvalue weighted by Gasteiger charge is 2.16. The Hall–Kier alpha value is 0.0500. The van der Waals surface area contributed by atoms with Crippen molar-refractivity contribution in [1.82, 2.24) is 0 Å². The van der Waals surface area contributed by atoms with Crippen molar-refractivity contribution in [2.45, 2.75) is 26.7 Å². The molecule has 0 fully saturated rings. The zero-order chi connectivity index (χ0) is 10.3. The molecule has 0 bridgehead atoms. The summed E-state index contributed by atoms with van der Waals surface area (Å²) < 4.78 is 0. The van der Waals surface area contributed by atoms with Gasteiger partial charge in [0, 0.05) is 12.3 Å². The molecule has 0 aromatic rings. The molecule has 1 nitrogen and oxygen atoms in total. The molecule has 0 N–H and O–H groups in total. The number of hydrogen-bond acceptors (Lipinski definition) is 1. The molecule has 0 rings (SSSR count). The lowest BCUT2D eigenvalue weighted by Gasteiger charge is -2.09. The number of ketones is 1. The Kier molecular flexibility index (Phi) is 11.3. The van der Waals surface area contributed by atoms with Crippen LogP contribution in [0.2, 0.25) is 0 Å². The predicted molar refractivity (Wildman–Crippen MR) is 62.3 cm³/mol. The van der Waals surface area contributed by atoms with Crippen LogP contribution in [0.4, 0.5) is 0 Å². The molecular formula is C11H21ClOS. The summed E-state index contributed by atoms with van der Waals surface area (Å²) in [7, 11) is 0.421. The Labute approximate surface area is 97.1 Å². The van der Waals surface area contributed by atoms with E-state index in [1.807, 2.05) is 6.08 Å². The fourth-order valence-corrected chi connectivity index (χ4v) is 2.58. The van der Waals surface area contributed by atoms with Crippen LogP contribution in [0.15, 0.2) is 12.7 Å². The summed E-state index contributed by atoms with van der Waals surface area (Å²) in [6.07, 6.45) is 6.26. The summed E-state index contributed by atoms with van der Waals surface area (Å²) in [5, 5.41) is 0. The van der Waals surface area contributed by atoms with Gasteiger partial charge in [-0.15, -0.1) is 0 Å². The monoisotopic (exact) mass is 236 g/mol. The van der Waals surface area contributed by atoms with Gasteiger partial charge in [0.15, 0.2) is 0 Å². The van der Waals surface area contributed by atoms with Gasteiger partial charge in [-0.2, -0.15) is 0 Å². The molecule has 0 aliphatic carbocycles. The van der Waals surface area contributed by atoms with Crippen molar-refractivity contribution < 1.29 is 17.2 Å². The van der Waals surface area contributed by atoms with Gasteiger partial charge < -0.3 is 12.4 Å². The summed E-state index contributed by atoms with van der Waals surface area (Å²) in [6.45, 7) is 7.52. The summed E-state index contributed by atoms with van der Waals surface area (Å²) in [4.78, 5) is 11.1. The Morgan fingerprint density at radius 1 is 1.57 bits per heavy atom. The van der Waals surface area contributed by atoms with E-state index in [9.17, 15) is 4.79 Å². The van der Waals surface area contributed by atoms with E-state index in [0.29, 0.717) is 22.6 Å². The average molecular weight is 237 g/mol. The van der Waals surface area contributed by atoms with E-state index >= 15 is 0 Å². The van der Waals surface area contributed by atoms with Crippen LogP contribution in [0.5, 0.6) is 0 Å². The Bertz CT molecular complexity index is 171. The topological polar surface area (TPSA) is 17.1 Å². The molecule has 1 unspecified atom stereocenters. The highest BCUT2D eigenvalue weighted by atomic mass is 35.5. The van der Waals surface area contributed by atoms with Crippen molar-refractivity contribution in [3.05, 3.63) is 12.7 Å². The second kappa shape index (κ2) is 9.60. The minimum absolute atomic E-state index is 0. The quantitative estimate of drug-likeness (QED) is 0.428. The van der Waals surface area contributed by atoms with Crippen LogP contribution in [0.1, 0.15) is 26.7 Å². The van der Waals surface area contributed by atoms with Crippen molar-refractivity contribution in [3.8, 4) is 0 Å². The number of halogens is 1. The highest BCUT2D eigenvalue weighted by Crippen LogP contribution is 2.11. The lowest BCUT2D eigenvalue weighted by molar-refractivity contribution is -0.120. The molecule has 0 aromatic carbocycles. The normalized spacial score (nSPS) is 13.9. The van der Waals surface area contributed by atoms with Gasteiger partial charge in [0.25, 0.3) is 0 Å². The van der Waals surface area contributed by atoms with E-state index in [1.165, 1.54) is 5.75 Å². The summed E-state index contributed by atoms with van der Waals surface area (Å²) in [5.41, 5.74) is 0. The minimum Gasteiger partial charge on any atom is -1.00 e. The van der Waals surface area contributed by atoms with E-state index in [2.05, 4.69) is 19.8 Å². The van der Waals surface area contributed by atoms with Crippen molar-refractivity contribution in [2.24, 2.45) is 5.92 Å². The molecule has 0 spiro atoms. The molecule has 0 aliphatic heterocycles. The zero-order valence-corrected chi connectivity index (χ0v) is 11.0. The second-order valence-electron chi connectivity index (χ2n) is 3.45. The molecule has 0 aliphatic rings. The standard InChI is InChI=1S/C11H21OS.ClH/c1-5-8-13(4)9-7-11(6-2)10(3)12;/h5,11H,1,6-9H2,2-4H3;1H/q+1;/p-1/t11-,13?;/m0./s1. The predicted octanol–water partition coefficient (Wildman–Crippen LogP) is -0.570. The molecule has 0 saturated heterocycles. The van der Waals surface area contributed by atoms with Gasteiger partial charge in [-0.25, -0.2) is 0 Å². The first kappa shape index (κ1) is 16.5. The van der Waals surface area contributed by atoms with Gasteiger partial charge in [-0.3, -0.25) is 4.79 Å². The number of carbonyl (C=O) groups is 1. The summed E-state index contributed by atoms with van der Waals surface area (Å²) in [5.74, 6) is 2.90. The van der Waals surface area contributed by atoms with Crippen LogP contribution < -0.4 is 12.4 Å². The highest BCUT2D eigenvalue weighted by molar-refractivity contribution is 7.96. The second-order valence-corrected chi connectivity index (χ2v) is 5.75. The van der Waals surface area contributed by atoms with E-state index in [1.54, 1.807) is 6.92 Å². The van der Waals surface area contributed by atoms with E-state index in [4.69, 9.17) is 0 Å². The molecule has 2 atom stereocenters. The maximum absolute atomic E-state index is 11.1. The van der Waals surface area contributed by atoms with E-state index in [-0.39, 0.29) is 12.4 Å². The minimum atomic E-state index is 0. The van der Waals surface area contributed by atoms with Crippen molar-refractivity contribution in [2.75, 3.05) is 17.8 Å². The first-order chi connectivity index (χ1) is 6.11. The first-order valence-electron chi connectivity index (χ1n) is 4.82. The lowest BCUT2D eigenvalue weighted by Crippen LogP contribution is -3.00. The third kappa shape index (κ3) is 7.45. The van der Waals surface area contributed by atoms with Crippen LogP contribution in [-0.2, 0) is 15.7 Å². The molecule has 0 heterocycles. The molecule has 3 heteroatoms. The number of hydrogen-bond donors (Lipinski definition) is 0. The largest absolute Gasteiger partial charge is 1.00 e. The van der Waals surface area contributed by atoms with Gasteiger partial charge >= 0.3 is 0 Å². The van der Waals surface area contributed by atoms with Gasteiger partial charge in [0.05, 0.1) is 6.26 Å². The molecule has 0 radical (unpaired) electrons. The Morgan fingerprint density at radius 2 is 2.14 bits per heavy atom. The molecule has 14 heavy (non-hydrogen) atoms. The fraction of sp³-hybridized carbons (Fsp3) is 0.727. The van der Waals surface area contributed by atoms with Crippen LogP contribution in [-0.4, -0.2) is 23.5 Å². The van der Waals surface area contributed by atoms with Crippen molar-refractivity contribution >= 4 is 16.7 Å². The third-order valence-corrected chi connectivity index (χ3v) is 4.02. The summed E-state index contributed by atoms with van der Waals surface area (Å²) >= 11 is 0. The lowest BCUT2D eigenvalue weighted by atomic mass is 10.00. The summed E-state index contributed by atoms with van der Waals surface area (Å²) in [6, 6.07) is 0. The van der Waals surface area contributed by atoms with E-state index in [0.717, 1.165) is 18.6 Å². The van der Waals surface area contributed by atoms with Crippen LogP contribution in [0, 0.1) is 5.92 Å². The van der Waals surface area contributed by atoms with E-state index < -0.39 is 0 Å². The first-order valence-corrected chi connectivity index (χ1v) is 6.79.